The van der Waals surface area contributed by atoms with E-state index >= 15 is 0 Å². The van der Waals surface area contributed by atoms with E-state index in [-0.39, 0.29) is 0 Å². The molecular formula is C10H15N3O. The van der Waals surface area contributed by atoms with Gasteiger partial charge in [-0.25, -0.2) is 9.97 Å². The first-order valence-electron chi connectivity index (χ1n) is 4.92. The molecule has 76 valence electrons. The molecule has 1 atom stereocenters. The quantitative estimate of drug-likeness (QED) is 0.752. The van der Waals surface area contributed by atoms with Crippen LogP contribution in [0.1, 0.15) is 29.6 Å². The number of rotatable bonds is 2. The smallest absolute Gasteiger partial charge is 0.134 e. The fourth-order valence-electron chi connectivity index (χ4n) is 1.68. The van der Waals surface area contributed by atoms with Crippen LogP contribution in [0.15, 0.2) is 6.07 Å². The minimum Gasteiger partial charge on any atom is -0.381 e. The number of hydrogen-bond acceptors (Lipinski definition) is 4. The van der Waals surface area contributed by atoms with Gasteiger partial charge in [0.2, 0.25) is 0 Å². The molecule has 1 fully saturated rings. The molecular weight excluding hydrogens is 178 g/mol. The van der Waals surface area contributed by atoms with Crippen LogP contribution in [0.3, 0.4) is 0 Å². The van der Waals surface area contributed by atoms with Crippen molar-refractivity contribution in [1.82, 2.24) is 9.97 Å². The number of aromatic nitrogens is 2. The van der Waals surface area contributed by atoms with Gasteiger partial charge in [0, 0.05) is 24.8 Å². The molecule has 0 aliphatic carbocycles. The minimum atomic E-state index is 0.361. The second-order valence-electron chi connectivity index (χ2n) is 3.62. The first-order valence-corrected chi connectivity index (χ1v) is 4.92. The highest BCUT2D eigenvalue weighted by Crippen LogP contribution is 2.22. The fourth-order valence-corrected chi connectivity index (χ4v) is 1.68. The summed E-state index contributed by atoms with van der Waals surface area (Å²) in [5.74, 6) is 1.25. The Morgan fingerprint density at radius 1 is 1.57 bits per heavy atom. The fraction of sp³-hybridized carbons (Fsp3) is 0.600. The molecule has 14 heavy (non-hydrogen) atoms. The standard InChI is InChI=1S/C10H15N3O/c1-7-4-9(5-11)13-10(12-7)8-2-3-14-6-8/h4,8H,2-3,5-6,11H2,1H3. The van der Waals surface area contributed by atoms with Crippen LogP contribution in [-0.4, -0.2) is 23.2 Å². The topological polar surface area (TPSA) is 61.0 Å². The zero-order valence-corrected chi connectivity index (χ0v) is 8.36. The number of ether oxygens (including phenoxy) is 1. The molecule has 1 unspecified atom stereocenters. The number of hydrogen-bond donors (Lipinski definition) is 1. The lowest BCUT2D eigenvalue weighted by Gasteiger charge is -2.08. The minimum absolute atomic E-state index is 0.361. The van der Waals surface area contributed by atoms with Gasteiger partial charge in [0.05, 0.1) is 12.3 Å². The predicted molar refractivity (Wildman–Crippen MR) is 52.8 cm³/mol. The molecule has 2 heterocycles. The van der Waals surface area contributed by atoms with E-state index in [1.54, 1.807) is 0 Å². The van der Waals surface area contributed by atoms with Crippen LogP contribution in [0, 0.1) is 6.92 Å². The molecule has 1 aromatic heterocycles. The van der Waals surface area contributed by atoms with Crippen molar-refractivity contribution in [2.24, 2.45) is 5.73 Å². The Bertz CT molecular complexity index is 321. The van der Waals surface area contributed by atoms with Crippen molar-refractivity contribution in [2.75, 3.05) is 13.2 Å². The number of nitrogens with zero attached hydrogens (tertiary/aromatic N) is 2. The Labute approximate surface area is 83.5 Å². The molecule has 0 bridgehead atoms. The van der Waals surface area contributed by atoms with Gasteiger partial charge in [-0.3, -0.25) is 0 Å². The summed E-state index contributed by atoms with van der Waals surface area (Å²) in [5.41, 5.74) is 7.47. The molecule has 0 amide bonds. The normalized spacial score (nSPS) is 21.4. The van der Waals surface area contributed by atoms with Crippen LogP contribution < -0.4 is 5.73 Å². The van der Waals surface area contributed by atoms with Crippen molar-refractivity contribution < 1.29 is 4.74 Å². The lowest BCUT2D eigenvalue weighted by Crippen LogP contribution is -2.09. The third-order valence-corrected chi connectivity index (χ3v) is 2.43. The summed E-state index contributed by atoms with van der Waals surface area (Å²) in [6.45, 7) is 4.01. The second-order valence-corrected chi connectivity index (χ2v) is 3.62. The summed E-state index contributed by atoms with van der Waals surface area (Å²) in [6, 6.07) is 1.93. The lowest BCUT2D eigenvalue weighted by molar-refractivity contribution is 0.193. The zero-order valence-electron chi connectivity index (χ0n) is 8.36. The highest BCUT2D eigenvalue weighted by atomic mass is 16.5. The summed E-state index contributed by atoms with van der Waals surface area (Å²) < 4.78 is 5.31. The maximum absolute atomic E-state index is 5.56. The van der Waals surface area contributed by atoms with E-state index in [9.17, 15) is 0 Å². The van der Waals surface area contributed by atoms with Crippen molar-refractivity contribution in [3.63, 3.8) is 0 Å². The first kappa shape index (κ1) is 9.55. The first-order chi connectivity index (χ1) is 6.79. The highest BCUT2D eigenvalue weighted by molar-refractivity contribution is 5.12. The van der Waals surface area contributed by atoms with Crippen LogP contribution in [-0.2, 0) is 11.3 Å². The Hall–Kier alpha value is -1.00. The van der Waals surface area contributed by atoms with Crippen molar-refractivity contribution in [3.05, 3.63) is 23.3 Å². The molecule has 1 saturated heterocycles. The van der Waals surface area contributed by atoms with Crippen molar-refractivity contribution in [1.29, 1.82) is 0 Å². The monoisotopic (exact) mass is 193 g/mol. The maximum atomic E-state index is 5.56. The van der Waals surface area contributed by atoms with E-state index < -0.39 is 0 Å². The summed E-state index contributed by atoms with van der Waals surface area (Å²) in [4.78, 5) is 8.84. The molecule has 0 radical (unpaired) electrons. The van der Waals surface area contributed by atoms with Gasteiger partial charge in [-0.15, -0.1) is 0 Å². The van der Waals surface area contributed by atoms with E-state index in [1.807, 2.05) is 13.0 Å². The van der Waals surface area contributed by atoms with Gasteiger partial charge in [-0.05, 0) is 19.4 Å². The van der Waals surface area contributed by atoms with Gasteiger partial charge in [0.25, 0.3) is 0 Å². The van der Waals surface area contributed by atoms with E-state index in [0.717, 1.165) is 36.8 Å². The van der Waals surface area contributed by atoms with E-state index in [0.29, 0.717) is 12.5 Å². The van der Waals surface area contributed by atoms with Crippen LogP contribution in [0.5, 0.6) is 0 Å². The van der Waals surface area contributed by atoms with Crippen LogP contribution in [0.4, 0.5) is 0 Å². The summed E-state index contributed by atoms with van der Waals surface area (Å²) in [5, 5.41) is 0. The van der Waals surface area contributed by atoms with E-state index in [1.165, 1.54) is 0 Å². The molecule has 1 aliphatic heterocycles. The van der Waals surface area contributed by atoms with E-state index in [4.69, 9.17) is 10.5 Å². The molecule has 0 saturated carbocycles. The molecule has 0 spiro atoms. The summed E-state index contributed by atoms with van der Waals surface area (Å²) in [7, 11) is 0. The van der Waals surface area contributed by atoms with Crippen LogP contribution >= 0.6 is 0 Å². The summed E-state index contributed by atoms with van der Waals surface area (Å²) >= 11 is 0. The SMILES string of the molecule is Cc1cc(CN)nc(C2CCOC2)n1. The van der Waals surface area contributed by atoms with Crippen LogP contribution in [0.25, 0.3) is 0 Å². The van der Waals surface area contributed by atoms with Crippen LogP contribution in [0.2, 0.25) is 0 Å². The van der Waals surface area contributed by atoms with Gasteiger partial charge < -0.3 is 10.5 Å². The third kappa shape index (κ3) is 1.91. The average molecular weight is 193 g/mol. The third-order valence-electron chi connectivity index (χ3n) is 2.43. The Balaban J connectivity index is 2.27. The molecule has 4 heteroatoms. The highest BCUT2D eigenvalue weighted by Gasteiger charge is 2.20. The van der Waals surface area contributed by atoms with Gasteiger partial charge in [0.1, 0.15) is 5.82 Å². The Morgan fingerprint density at radius 3 is 3.07 bits per heavy atom. The molecule has 2 rings (SSSR count). The van der Waals surface area contributed by atoms with Gasteiger partial charge >= 0.3 is 0 Å². The Kier molecular flexibility index (Phi) is 2.74. The zero-order chi connectivity index (χ0) is 9.97. The number of aryl methyl sites for hydroxylation is 1. The lowest BCUT2D eigenvalue weighted by atomic mass is 10.1. The van der Waals surface area contributed by atoms with Crippen molar-refractivity contribution >= 4 is 0 Å². The Morgan fingerprint density at radius 2 is 2.43 bits per heavy atom. The molecule has 1 aromatic rings. The van der Waals surface area contributed by atoms with Crippen molar-refractivity contribution in [2.45, 2.75) is 25.8 Å². The number of nitrogens with two attached hydrogens (primary N) is 1. The molecule has 2 N–H and O–H groups in total. The largest absolute Gasteiger partial charge is 0.381 e. The predicted octanol–water partition coefficient (Wildman–Crippen LogP) is 0.748. The average Bonchev–Trinajstić information content (AvgIpc) is 2.69. The van der Waals surface area contributed by atoms with Gasteiger partial charge in [-0.1, -0.05) is 0 Å². The van der Waals surface area contributed by atoms with Crippen molar-refractivity contribution in [3.8, 4) is 0 Å². The molecule has 0 aromatic carbocycles. The summed E-state index contributed by atoms with van der Waals surface area (Å²) in [6.07, 6.45) is 1.02. The maximum Gasteiger partial charge on any atom is 0.134 e. The van der Waals surface area contributed by atoms with E-state index in [2.05, 4.69) is 9.97 Å². The van der Waals surface area contributed by atoms with Gasteiger partial charge in [-0.2, -0.15) is 0 Å². The second kappa shape index (κ2) is 4.02. The molecule has 4 nitrogen and oxygen atoms in total. The molecule has 1 aliphatic rings. The van der Waals surface area contributed by atoms with Gasteiger partial charge in [0.15, 0.2) is 0 Å².